The zero-order valence-corrected chi connectivity index (χ0v) is 18.0. The first kappa shape index (κ1) is 20.8. The number of nitro benzene ring substituents is 1. The van der Waals surface area contributed by atoms with Gasteiger partial charge in [-0.25, -0.2) is 4.39 Å². The van der Waals surface area contributed by atoms with E-state index in [1.807, 2.05) is 41.1 Å². The van der Waals surface area contributed by atoms with Crippen LogP contribution in [-0.2, 0) is 0 Å². The van der Waals surface area contributed by atoms with E-state index in [4.69, 9.17) is 12.2 Å². The third-order valence-corrected chi connectivity index (χ3v) is 5.95. The van der Waals surface area contributed by atoms with E-state index in [-0.39, 0.29) is 17.5 Å². The molecule has 9 heteroatoms. The van der Waals surface area contributed by atoms with E-state index in [0.717, 1.165) is 17.1 Å². The third kappa shape index (κ3) is 3.72. The van der Waals surface area contributed by atoms with Crippen molar-refractivity contribution in [3.8, 4) is 5.69 Å². The van der Waals surface area contributed by atoms with Crippen molar-refractivity contribution in [2.45, 2.75) is 12.1 Å². The van der Waals surface area contributed by atoms with Crippen LogP contribution in [0.2, 0.25) is 0 Å². The first-order valence-corrected chi connectivity index (χ1v) is 10.6. The van der Waals surface area contributed by atoms with E-state index in [0.29, 0.717) is 10.8 Å². The topological polar surface area (TPSA) is 76.2 Å². The highest BCUT2D eigenvalue weighted by Crippen LogP contribution is 2.42. The van der Waals surface area contributed by atoms with Crippen LogP contribution in [0.25, 0.3) is 5.69 Å². The van der Waals surface area contributed by atoms with Crippen molar-refractivity contribution in [3.63, 3.8) is 0 Å². The van der Waals surface area contributed by atoms with Gasteiger partial charge in [-0.15, -0.1) is 0 Å². The van der Waals surface area contributed by atoms with Crippen LogP contribution in [0.3, 0.4) is 0 Å². The molecule has 1 aliphatic heterocycles. The second kappa shape index (κ2) is 8.44. The number of nitro groups is 1. The highest BCUT2D eigenvalue weighted by molar-refractivity contribution is 7.80. The Morgan fingerprint density at radius 1 is 1.00 bits per heavy atom. The molecule has 0 saturated carbocycles. The standard InChI is InChI=1S/C24H18FN5O2S/c25-18-6-1-2-8-20(18)29-23(22(27-24(29)33)19-7-3-4-14-26-19)21-9-5-15-28(21)16-10-12-17(13-11-16)30(31)32/h1-15,22-23H,(H,27,33)/t22-,23-/m0/s1. The van der Waals surface area contributed by atoms with Gasteiger partial charge in [-0.05, 0) is 60.7 Å². The number of aromatic nitrogens is 2. The van der Waals surface area contributed by atoms with E-state index in [2.05, 4.69) is 10.3 Å². The summed E-state index contributed by atoms with van der Waals surface area (Å²) >= 11 is 5.65. The van der Waals surface area contributed by atoms with Gasteiger partial charge in [-0.3, -0.25) is 15.1 Å². The fourth-order valence-corrected chi connectivity index (χ4v) is 4.51. The first-order chi connectivity index (χ1) is 16.0. The van der Waals surface area contributed by atoms with Crippen molar-refractivity contribution in [3.05, 3.63) is 119 Å². The summed E-state index contributed by atoms with van der Waals surface area (Å²) in [5.41, 5.74) is 2.70. The number of hydrogen-bond donors (Lipinski definition) is 1. The van der Waals surface area contributed by atoms with Crippen molar-refractivity contribution in [2.24, 2.45) is 0 Å². The molecule has 0 bridgehead atoms. The molecule has 7 nitrogen and oxygen atoms in total. The van der Waals surface area contributed by atoms with Gasteiger partial charge in [0.05, 0.1) is 22.3 Å². The largest absolute Gasteiger partial charge is 0.351 e. The van der Waals surface area contributed by atoms with Gasteiger partial charge in [-0.2, -0.15) is 0 Å². The maximum Gasteiger partial charge on any atom is 0.269 e. The third-order valence-electron chi connectivity index (χ3n) is 5.63. The number of para-hydroxylation sites is 1. The van der Waals surface area contributed by atoms with Crippen LogP contribution in [0, 0.1) is 15.9 Å². The van der Waals surface area contributed by atoms with Crippen LogP contribution in [0.1, 0.15) is 23.5 Å². The number of non-ortho nitro benzene ring substituents is 1. The average molecular weight is 460 g/mol. The Labute approximate surface area is 194 Å². The molecule has 0 amide bonds. The fourth-order valence-electron chi connectivity index (χ4n) is 4.17. The van der Waals surface area contributed by atoms with E-state index >= 15 is 0 Å². The Morgan fingerprint density at radius 3 is 2.45 bits per heavy atom. The number of nitrogens with one attached hydrogen (secondary N) is 1. The van der Waals surface area contributed by atoms with E-state index < -0.39 is 11.0 Å². The van der Waals surface area contributed by atoms with Crippen LogP contribution in [-0.4, -0.2) is 19.6 Å². The van der Waals surface area contributed by atoms with Gasteiger partial charge in [0.25, 0.3) is 5.69 Å². The molecular formula is C24H18FN5O2S. The lowest BCUT2D eigenvalue weighted by atomic mass is 10.0. The van der Waals surface area contributed by atoms with E-state index in [1.54, 1.807) is 41.4 Å². The summed E-state index contributed by atoms with van der Waals surface area (Å²) in [7, 11) is 0. The molecule has 2 aromatic carbocycles. The number of rotatable bonds is 5. The minimum Gasteiger partial charge on any atom is -0.351 e. The molecule has 0 unspecified atom stereocenters. The smallest absolute Gasteiger partial charge is 0.269 e. The number of nitrogens with zero attached hydrogens (tertiary/aromatic N) is 4. The summed E-state index contributed by atoms with van der Waals surface area (Å²) in [5, 5.41) is 14.8. The molecule has 0 spiro atoms. The van der Waals surface area contributed by atoms with Crippen molar-refractivity contribution in [1.82, 2.24) is 14.9 Å². The van der Waals surface area contributed by atoms with Gasteiger partial charge in [0.2, 0.25) is 0 Å². The van der Waals surface area contributed by atoms with Crippen molar-refractivity contribution < 1.29 is 9.31 Å². The van der Waals surface area contributed by atoms with Crippen molar-refractivity contribution >= 4 is 28.7 Å². The minimum absolute atomic E-state index is 0.00973. The molecule has 5 rings (SSSR count). The molecule has 1 fully saturated rings. The average Bonchev–Trinajstić information content (AvgIpc) is 3.44. The summed E-state index contributed by atoms with van der Waals surface area (Å²) in [6.45, 7) is 0. The molecule has 1 saturated heterocycles. The quantitative estimate of drug-likeness (QED) is 0.254. The predicted molar refractivity (Wildman–Crippen MR) is 127 cm³/mol. The summed E-state index contributed by atoms with van der Waals surface area (Å²) in [4.78, 5) is 16.9. The van der Waals surface area contributed by atoms with Gasteiger partial charge < -0.3 is 14.8 Å². The van der Waals surface area contributed by atoms with Crippen LogP contribution in [0.5, 0.6) is 0 Å². The van der Waals surface area contributed by atoms with Gasteiger partial charge in [0.1, 0.15) is 11.9 Å². The molecule has 1 N–H and O–H groups in total. The molecule has 0 aliphatic carbocycles. The number of hydrogen-bond acceptors (Lipinski definition) is 4. The Morgan fingerprint density at radius 2 is 1.76 bits per heavy atom. The fraction of sp³-hybridized carbons (Fsp3) is 0.0833. The number of halogens is 1. The van der Waals surface area contributed by atoms with Crippen LogP contribution < -0.4 is 10.2 Å². The van der Waals surface area contributed by atoms with Crippen LogP contribution in [0.4, 0.5) is 15.8 Å². The Balaban J connectivity index is 1.65. The van der Waals surface area contributed by atoms with Crippen LogP contribution >= 0.6 is 12.2 Å². The minimum atomic E-state index is -0.434. The molecule has 3 heterocycles. The zero-order chi connectivity index (χ0) is 22.9. The molecule has 2 atom stereocenters. The Bertz CT molecular complexity index is 1330. The monoisotopic (exact) mass is 459 g/mol. The predicted octanol–water partition coefficient (Wildman–Crippen LogP) is 5.10. The van der Waals surface area contributed by atoms with Crippen molar-refractivity contribution in [1.29, 1.82) is 0 Å². The Hall–Kier alpha value is -4.11. The lowest BCUT2D eigenvalue weighted by Gasteiger charge is -2.29. The molecule has 4 aromatic rings. The molecule has 33 heavy (non-hydrogen) atoms. The summed E-state index contributed by atoms with van der Waals surface area (Å²) in [5.74, 6) is -0.387. The number of pyridine rings is 1. The van der Waals surface area contributed by atoms with E-state index in [1.165, 1.54) is 18.2 Å². The number of benzene rings is 2. The molecular weight excluding hydrogens is 441 g/mol. The summed E-state index contributed by atoms with van der Waals surface area (Å²) in [6, 6.07) is 21.5. The highest BCUT2D eigenvalue weighted by atomic mass is 32.1. The number of thiocarbonyl (C=S) groups is 1. The van der Waals surface area contributed by atoms with E-state index in [9.17, 15) is 14.5 Å². The second-order valence-electron chi connectivity index (χ2n) is 7.52. The van der Waals surface area contributed by atoms with Crippen molar-refractivity contribution in [2.75, 3.05) is 4.90 Å². The van der Waals surface area contributed by atoms with Gasteiger partial charge in [0, 0.05) is 35.9 Å². The maximum absolute atomic E-state index is 14.9. The summed E-state index contributed by atoms with van der Waals surface area (Å²) < 4.78 is 16.8. The molecule has 0 radical (unpaired) electrons. The highest BCUT2D eigenvalue weighted by Gasteiger charge is 2.43. The SMILES string of the molecule is O=[N+]([O-])c1ccc(-n2cccc2[C@H]2[C@H](c3ccccn3)NC(=S)N2c2ccccc2F)cc1. The summed E-state index contributed by atoms with van der Waals surface area (Å²) in [6.07, 6.45) is 3.57. The molecule has 2 aromatic heterocycles. The van der Waals surface area contributed by atoms with Gasteiger partial charge in [-0.1, -0.05) is 18.2 Å². The van der Waals surface area contributed by atoms with Gasteiger partial charge >= 0.3 is 0 Å². The second-order valence-corrected chi connectivity index (χ2v) is 7.91. The maximum atomic E-state index is 14.9. The van der Waals surface area contributed by atoms with Crippen LogP contribution in [0.15, 0.2) is 91.3 Å². The lowest BCUT2D eigenvalue weighted by molar-refractivity contribution is -0.384. The number of anilines is 1. The zero-order valence-electron chi connectivity index (χ0n) is 17.2. The first-order valence-electron chi connectivity index (χ1n) is 10.2. The lowest BCUT2D eigenvalue weighted by Crippen LogP contribution is -2.31. The normalized spacial score (nSPS) is 17.7. The molecule has 164 valence electrons. The van der Waals surface area contributed by atoms with Gasteiger partial charge in [0.15, 0.2) is 5.11 Å². The Kier molecular flexibility index (Phi) is 5.31. The molecule has 1 aliphatic rings.